The van der Waals surface area contributed by atoms with Crippen LogP contribution in [0.15, 0.2) is 205 Å². The number of hydrogen-bond acceptors (Lipinski definition) is 2. The Bertz CT molecular complexity index is 3490. The minimum atomic E-state index is 0.889. The van der Waals surface area contributed by atoms with E-state index in [-0.39, 0.29) is 0 Å². The molecule has 12 rings (SSSR count). The van der Waals surface area contributed by atoms with Crippen LogP contribution in [0.3, 0.4) is 0 Å². The van der Waals surface area contributed by atoms with Gasteiger partial charge in [-0.3, -0.25) is 0 Å². The summed E-state index contributed by atoms with van der Waals surface area (Å²) in [6, 6.07) is 72.9. The molecule has 0 radical (unpaired) electrons. The van der Waals surface area contributed by atoms with E-state index in [9.17, 15) is 0 Å². The van der Waals surface area contributed by atoms with E-state index in [1.54, 1.807) is 0 Å². The van der Waals surface area contributed by atoms with Crippen molar-refractivity contribution in [1.82, 2.24) is 0 Å². The van der Waals surface area contributed by atoms with Crippen LogP contribution < -0.4 is 4.90 Å². The van der Waals surface area contributed by atoms with Gasteiger partial charge in [0.2, 0.25) is 0 Å². The average Bonchev–Trinajstić information content (AvgIpc) is 3.68. The minimum absolute atomic E-state index is 0.889. The molecule has 0 amide bonds. The number of aryl methyl sites for hydroxylation is 2. The number of para-hydroxylation sites is 1. The number of rotatable bonds is 6. The van der Waals surface area contributed by atoms with Crippen LogP contribution in [-0.4, -0.2) is 0 Å². The highest BCUT2D eigenvalue weighted by atomic mass is 16.3. The zero-order valence-corrected chi connectivity index (χ0v) is 33.4. The van der Waals surface area contributed by atoms with Crippen LogP contribution in [-0.2, 0) is 0 Å². The second-order valence-corrected chi connectivity index (χ2v) is 16.1. The second kappa shape index (κ2) is 13.4. The summed E-state index contributed by atoms with van der Waals surface area (Å²) in [7, 11) is 0. The molecule has 1 aromatic heterocycles. The van der Waals surface area contributed by atoms with Gasteiger partial charge in [0.25, 0.3) is 0 Å². The van der Waals surface area contributed by atoms with Crippen LogP contribution in [0.1, 0.15) is 11.1 Å². The number of anilines is 3. The van der Waals surface area contributed by atoms with Gasteiger partial charge in [-0.1, -0.05) is 164 Å². The van der Waals surface area contributed by atoms with E-state index in [1.807, 2.05) is 0 Å². The molecule has 0 atom stereocenters. The Morgan fingerprint density at radius 3 is 1.57 bits per heavy atom. The van der Waals surface area contributed by atoms with Crippen LogP contribution in [0.5, 0.6) is 0 Å². The van der Waals surface area contributed by atoms with E-state index in [4.69, 9.17) is 4.42 Å². The lowest BCUT2D eigenvalue weighted by atomic mass is 9.70. The van der Waals surface area contributed by atoms with Crippen LogP contribution in [0.4, 0.5) is 17.1 Å². The fourth-order valence-corrected chi connectivity index (χ4v) is 9.76. The first-order valence-corrected chi connectivity index (χ1v) is 20.8. The van der Waals surface area contributed by atoms with Crippen LogP contribution >= 0.6 is 0 Å². The normalized spacial score (nSPS) is 11.8. The number of fused-ring (bicyclic) bond motifs is 9. The summed E-state index contributed by atoms with van der Waals surface area (Å²) in [4.78, 5) is 2.44. The molecule has 0 aliphatic heterocycles. The summed E-state index contributed by atoms with van der Waals surface area (Å²) >= 11 is 0. The van der Waals surface area contributed by atoms with Crippen molar-refractivity contribution in [2.24, 2.45) is 0 Å². The predicted molar refractivity (Wildman–Crippen MR) is 254 cm³/mol. The first-order chi connectivity index (χ1) is 29.6. The Labute approximate surface area is 349 Å². The van der Waals surface area contributed by atoms with E-state index in [0.717, 1.165) is 44.6 Å². The molecular weight excluding hydrogens is 727 g/mol. The predicted octanol–water partition coefficient (Wildman–Crippen LogP) is 16.6. The van der Waals surface area contributed by atoms with Crippen molar-refractivity contribution in [1.29, 1.82) is 0 Å². The zero-order chi connectivity index (χ0) is 39.9. The molecule has 1 aliphatic rings. The summed E-state index contributed by atoms with van der Waals surface area (Å²) in [6.45, 7) is 4.41. The molecule has 2 nitrogen and oxygen atoms in total. The molecule has 60 heavy (non-hydrogen) atoms. The van der Waals surface area contributed by atoms with Gasteiger partial charge in [0, 0.05) is 22.1 Å². The fraction of sp³-hybridized carbons (Fsp3) is 0.0345. The van der Waals surface area contributed by atoms with E-state index >= 15 is 0 Å². The molecule has 0 saturated heterocycles. The van der Waals surface area contributed by atoms with E-state index in [0.29, 0.717) is 0 Å². The van der Waals surface area contributed by atoms with Gasteiger partial charge >= 0.3 is 0 Å². The van der Waals surface area contributed by atoms with Gasteiger partial charge in [0.1, 0.15) is 5.58 Å². The lowest BCUT2D eigenvalue weighted by Crippen LogP contribution is -2.13. The Morgan fingerprint density at radius 2 is 0.917 bits per heavy atom. The third-order valence-corrected chi connectivity index (χ3v) is 12.6. The highest BCUT2D eigenvalue weighted by Crippen LogP contribution is 2.60. The molecule has 0 bridgehead atoms. The molecule has 10 aromatic carbocycles. The van der Waals surface area contributed by atoms with Gasteiger partial charge in [-0.05, 0) is 139 Å². The summed E-state index contributed by atoms with van der Waals surface area (Å²) in [6.07, 6.45) is 0. The Balaban J connectivity index is 1.12. The van der Waals surface area contributed by atoms with Gasteiger partial charge in [-0.15, -0.1) is 0 Å². The molecule has 0 unspecified atom stereocenters. The fourth-order valence-electron chi connectivity index (χ4n) is 9.76. The molecule has 0 N–H and O–H groups in total. The highest BCUT2D eigenvalue weighted by Gasteiger charge is 2.33. The minimum Gasteiger partial charge on any atom is -0.454 e. The van der Waals surface area contributed by atoms with Crippen molar-refractivity contribution in [3.63, 3.8) is 0 Å². The SMILES string of the molecule is Cc1ccc(-c2ccccc2)cc1N(c1ccc2cc3c(cc2c1)-c1c-3c(-c2ccccc2)c2ccccc2c1-c1ccccc1)c1c(C)ccc2c1oc1ccccc12. The van der Waals surface area contributed by atoms with Gasteiger partial charge < -0.3 is 9.32 Å². The Morgan fingerprint density at radius 1 is 0.367 bits per heavy atom. The molecule has 2 heteroatoms. The third kappa shape index (κ3) is 5.21. The second-order valence-electron chi connectivity index (χ2n) is 16.1. The first kappa shape index (κ1) is 34.4. The van der Waals surface area contributed by atoms with Crippen molar-refractivity contribution < 1.29 is 4.42 Å². The Hall–Kier alpha value is -7.68. The summed E-state index contributed by atoms with van der Waals surface area (Å²) in [5.74, 6) is 0. The molecular formula is C58H39NO. The number of benzene rings is 10. The van der Waals surface area contributed by atoms with Gasteiger partial charge in [0.15, 0.2) is 5.58 Å². The van der Waals surface area contributed by atoms with E-state index in [1.165, 1.54) is 82.7 Å². The lowest BCUT2D eigenvalue weighted by molar-refractivity contribution is 0.668. The molecule has 0 saturated carbocycles. The first-order valence-electron chi connectivity index (χ1n) is 20.8. The van der Waals surface area contributed by atoms with E-state index < -0.39 is 0 Å². The average molecular weight is 766 g/mol. The maximum Gasteiger partial charge on any atom is 0.159 e. The van der Waals surface area contributed by atoms with Crippen LogP contribution in [0.25, 0.3) is 99.1 Å². The third-order valence-electron chi connectivity index (χ3n) is 12.6. The Kier molecular flexibility index (Phi) is 7.70. The maximum atomic E-state index is 6.81. The van der Waals surface area contributed by atoms with Crippen molar-refractivity contribution in [2.45, 2.75) is 13.8 Å². The molecule has 0 spiro atoms. The van der Waals surface area contributed by atoms with Crippen molar-refractivity contribution in [2.75, 3.05) is 4.90 Å². The summed E-state index contributed by atoms with van der Waals surface area (Å²) < 4.78 is 6.81. The number of furan rings is 1. The summed E-state index contributed by atoms with van der Waals surface area (Å²) in [5.41, 5.74) is 20.0. The molecule has 1 heterocycles. The van der Waals surface area contributed by atoms with Gasteiger partial charge in [-0.25, -0.2) is 0 Å². The van der Waals surface area contributed by atoms with E-state index in [2.05, 4.69) is 219 Å². The smallest absolute Gasteiger partial charge is 0.159 e. The zero-order valence-electron chi connectivity index (χ0n) is 33.4. The monoisotopic (exact) mass is 765 g/mol. The van der Waals surface area contributed by atoms with Gasteiger partial charge in [0.05, 0.1) is 5.69 Å². The molecule has 282 valence electrons. The van der Waals surface area contributed by atoms with Crippen LogP contribution in [0.2, 0.25) is 0 Å². The van der Waals surface area contributed by atoms with Crippen molar-refractivity contribution in [3.05, 3.63) is 211 Å². The molecule has 1 aliphatic carbocycles. The standard InChI is InChI=1S/C58H39NO/c1-36-26-28-42(38-16-6-3-7-17-38)35-51(36)59(57-37(2)27-31-48-45-22-14-15-25-52(45)60-58(48)57)44-30-29-41-33-49-50(34-43(41)32-44)56-54(40-20-10-5-11-21-40)47-24-13-12-23-46(47)53(55(49)56)39-18-8-4-9-19-39/h3-35H,1-2H3. The largest absolute Gasteiger partial charge is 0.454 e. The number of nitrogens with zero attached hydrogens (tertiary/aromatic N) is 1. The molecule has 0 fully saturated rings. The highest BCUT2D eigenvalue weighted by molar-refractivity contribution is 6.26. The number of hydrogen-bond donors (Lipinski definition) is 0. The lowest BCUT2D eigenvalue weighted by Gasteiger charge is -2.33. The summed E-state index contributed by atoms with van der Waals surface area (Å²) in [5, 5.41) is 7.20. The quantitative estimate of drug-likeness (QED) is 0.168. The topological polar surface area (TPSA) is 16.4 Å². The van der Waals surface area contributed by atoms with Crippen LogP contribution in [0, 0.1) is 13.8 Å². The van der Waals surface area contributed by atoms with Gasteiger partial charge in [-0.2, -0.15) is 0 Å². The van der Waals surface area contributed by atoms with Crippen molar-refractivity contribution >= 4 is 60.5 Å². The molecule has 11 aromatic rings. The van der Waals surface area contributed by atoms with Crippen molar-refractivity contribution in [3.8, 4) is 55.6 Å². The maximum absolute atomic E-state index is 6.81.